The third-order valence-corrected chi connectivity index (χ3v) is 3.29. The summed E-state index contributed by atoms with van der Waals surface area (Å²) in [4.78, 5) is 0. The van der Waals surface area contributed by atoms with Gasteiger partial charge in [0, 0.05) is 11.1 Å². The number of oxazole rings is 1. The van der Waals surface area contributed by atoms with E-state index in [0.717, 1.165) is 11.1 Å². The Bertz CT molecular complexity index is 700. The molecule has 0 spiro atoms. The first-order valence-corrected chi connectivity index (χ1v) is 6.53. The summed E-state index contributed by atoms with van der Waals surface area (Å²) in [5.74, 6) is -0.301. The first-order chi connectivity index (χ1) is 9.74. The zero-order valence-corrected chi connectivity index (χ0v) is 11.2. The maximum Gasteiger partial charge on any atom is 0.235 e. The molecular formula is C17H15NO2. The molecule has 0 fully saturated rings. The van der Waals surface area contributed by atoms with Crippen molar-refractivity contribution in [2.24, 2.45) is 0 Å². The van der Waals surface area contributed by atoms with Crippen LogP contribution in [0.4, 0.5) is 0 Å². The van der Waals surface area contributed by atoms with Gasteiger partial charge < -0.3 is 9.52 Å². The molecule has 0 amide bonds. The van der Waals surface area contributed by atoms with Crippen molar-refractivity contribution in [2.45, 2.75) is 13.5 Å². The monoisotopic (exact) mass is 265 g/mol. The van der Waals surface area contributed by atoms with Crippen molar-refractivity contribution >= 4 is 0 Å². The molecule has 0 saturated carbocycles. The third-order valence-electron chi connectivity index (χ3n) is 3.29. The largest absolute Gasteiger partial charge is 0.540 e. The van der Waals surface area contributed by atoms with Crippen molar-refractivity contribution in [2.75, 3.05) is 0 Å². The number of hydrogen-bond acceptors (Lipinski definition) is 2. The van der Waals surface area contributed by atoms with E-state index in [0.29, 0.717) is 12.2 Å². The van der Waals surface area contributed by atoms with Gasteiger partial charge in [0.1, 0.15) is 5.95 Å². The smallest absolute Gasteiger partial charge is 0.235 e. The highest BCUT2D eigenvalue weighted by atomic mass is 16.5. The van der Waals surface area contributed by atoms with Gasteiger partial charge in [-0.3, -0.25) is 0 Å². The van der Waals surface area contributed by atoms with E-state index in [-0.39, 0.29) is 5.95 Å². The van der Waals surface area contributed by atoms with Crippen LogP contribution >= 0.6 is 0 Å². The van der Waals surface area contributed by atoms with Gasteiger partial charge in [-0.25, -0.2) is 0 Å². The number of benzene rings is 2. The molecule has 0 aliphatic heterocycles. The molecule has 100 valence electrons. The summed E-state index contributed by atoms with van der Waals surface area (Å²) in [6, 6.07) is 17.9. The van der Waals surface area contributed by atoms with Gasteiger partial charge in [-0.05, 0) is 19.1 Å². The van der Waals surface area contributed by atoms with Crippen LogP contribution in [0.2, 0.25) is 0 Å². The van der Waals surface area contributed by atoms with Gasteiger partial charge in [-0.15, -0.1) is 0 Å². The lowest BCUT2D eigenvalue weighted by Gasteiger charge is -2.02. The molecule has 3 aromatic rings. The SMILES string of the molecule is Cc1ccc(-c2c([O-])oc[n+]2Cc2ccccc2)cc1. The molecule has 0 bridgehead atoms. The Balaban J connectivity index is 1.99. The fraction of sp³-hybridized carbons (Fsp3) is 0.118. The minimum absolute atomic E-state index is 0.301. The Hall–Kier alpha value is -2.55. The van der Waals surface area contributed by atoms with Crippen molar-refractivity contribution in [3.8, 4) is 17.2 Å². The van der Waals surface area contributed by atoms with E-state index < -0.39 is 0 Å². The number of aromatic nitrogens is 1. The number of rotatable bonds is 3. The topological polar surface area (TPSA) is 40.1 Å². The van der Waals surface area contributed by atoms with Gasteiger partial charge in [-0.1, -0.05) is 48.0 Å². The van der Waals surface area contributed by atoms with Crippen molar-refractivity contribution < 1.29 is 14.1 Å². The van der Waals surface area contributed by atoms with Gasteiger partial charge in [-0.2, -0.15) is 4.57 Å². The van der Waals surface area contributed by atoms with E-state index in [1.54, 1.807) is 0 Å². The van der Waals surface area contributed by atoms with Crippen LogP contribution in [0, 0.1) is 6.92 Å². The van der Waals surface area contributed by atoms with Crippen molar-refractivity contribution in [3.05, 3.63) is 72.1 Å². The molecule has 0 aliphatic rings. The third kappa shape index (κ3) is 2.43. The maximum atomic E-state index is 11.9. The van der Waals surface area contributed by atoms with Crippen LogP contribution in [0.5, 0.6) is 5.95 Å². The summed E-state index contributed by atoms with van der Waals surface area (Å²) < 4.78 is 6.91. The molecule has 0 atom stereocenters. The molecule has 3 rings (SSSR count). The molecular weight excluding hydrogens is 250 g/mol. The molecule has 2 aromatic carbocycles. The summed E-state index contributed by atoms with van der Waals surface area (Å²) in [5.41, 5.74) is 3.77. The van der Waals surface area contributed by atoms with Crippen molar-refractivity contribution in [1.82, 2.24) is 0 Å². The van der Waals surface area contributed by atoms with Crippen LogP contribution < -0.4 is 9.67 Å². The van der Waals surface area contributed by atoms with Crippen LogP contribution in [-0.2, 0) is 6.54 Å². The van der Waals surface area contributed by atoms with Crippen LogP contribution in [0.15, 0.2) is 65.4 Å². The summed E-state index contributed by atoms with van der Waals surface area (Å²) in [6.45, 7) is 2.64. The van der Waals surface area contributed by atoms with Gasteiger partial charge in [0.15, 0.2) is 6.54 Å². The zero-order valence-electron chi connectivity index (χ0n) is 11.2. The summed E-state index contributed by atoms with van der Waals surface area (Å²) in [7, 11) is 0. The number of nitrogens with zero attached hydrogens (tertiary/aromatic N) is 1. The number of aryl methyl sites for hydroxylation is 1. The Morgan fingerprint density at radius 3 is 2.40 bits per heavy atom. The van der Waals surface area contributed by atoms with E-state index in [9.17, 15) is 5.11 Å². The lowest BCUT2D eigenvalue weighted by atomic mass is 10.1. The van der Waals surface area contributed by atoms with Crippen LogP contribution in [0.3, 0.4) is 0 Å². The molecule has 0 radical (unpaired) electrons. The molecule has 0 unspecified atom stereocenters. The Labute approximate surface area is 117 Å². The highest BCUT2D eigenvalue weighted by Crippen LogP contribution is 2.24. The van der Waals surface area contributed by atoms with E-state index >= 15 is 0 Å². The van der Waals surface area contributed by atoms with E-state index in [1.165, 1.54) is 12.0 Å². The predicted molar refractivity (Wildman–Crippen MR) is 74.1 cm³/mol. The first-order valence-electron chi connectivity index (χ1n) is 6.53. The fourth-order valence-electron chi connectivity index (χ4n) is 2.23. The molecule has 3 heteroatoms. The van der Waals surface area contributed by atoms with Crippen molar-refractivity contribution in [3.63, 3.8) is 0 Å². The minimum Gasteiger partial charge on any atom is -0.540 e. The highest BCUT2D eigenvalue weighted by molar-refractivity contribution is 5.60. The summed E-state index contributed by atoms with van der Waals surface area (Å²) >= 11 is 0. The Kier molecular flexibility index (Phi) is 3.25. The molecule has 20 heavy (non-hydrogen) atoms. The Morgan fingerprint density at radius 1 is 1.00 bits per heavy atom. The van der Waals surface area contributed by atoms with Crippen LogP contribution in [0.1, 0.15) is 11.1 Å². The van der Waals surface area contributed by atoms with Gasteiger partial charge in [0.05, 0.1) is 0 Å². The Morgan fingerprint density at radius 2 is 1.70 bits per heavy atom. The second-order valence-corrected chi connectivity index (χ2v) is 4.84. The molecule has 3 nitrogen and oxygen atoms in total. The average Bonchev–Trinajstić information content (AvgIpc) is 2.82. The molecule has 0 N–H and O–H groups in total. The molecule has 1 heterocycles. The highest BCUT2D eigenvalue weighted by Gasteiger charge is 2.17. The lowest BCUT2D eigenvalue weighted by Crippen LogP contribution is -2.34. The normalized spacial score (nSPS) is 10.7. The van der Waals surface area contributed by atoms with Gasteiger partial charge in [0.2, 0.25) is 12.1 Å². The van der Waals surface area contributed by atoms with Crippen molar-refractivity contribution in [1.29, 1.82) is 0 Å². The predicted octanol–water partition coefficient (Wildman–Crippen LogP) is 2.66. The molecule has 0 saturated heterocycles. The van der Waals surface area contributed by atoms with E-state index in [2.05, 4.69) is 0 Å². The lowest BCUT2D eigenvalue weighted by molar-refractivity contribution is -0.681. The van der Waals surface area contributed by atoms with Crippen LogP contribution in [-0.4, -0.2) is 0 Å². The van der Waals surface area contributed by atoms with E-state index in [4.69, 9.17) is 4.42 Å². The minimum atomic E-state index is -0.301. The second kappa shape index (κ2) is 5.21. The average molecular weight is 265 g/mol. The standard InChI is InChI=1S/C17H15NO2/c1-13-7-9-15(10-8-13)16-17(19)20-12-18(16)11-14-5-3-2-4-6-14/h2-10,12H,11H2,1H3. The zero-order chi connectivity index (χ0) is 13.9. The first kappa shape index (κ1) is 12.5. The number of hydrogen-bond donors (Lipinski definition) is 0. The van der Waals surface area contributed by atoms with E-state index in [1.807, 2.05) is 66.1 Å². The quantitative estimate of drug-likeness (QED) is 0.683. The fourth-order valence-corrected chi connectivity index (χ4v) is 2.23. The molecule has 1 aromatic heterocycles. The van der Waals surface area contributed by atoms with Gasteiger partial charge in [0.25, 0.3) is 0 Å². The van der Waals surface area contributed by atoms with Crippen LogP contribution in [0.25, 0.3) is 11.3 Å². The molecule has 0 aliphatic carbocycles. The maximum absolute atomic E-state index is 11.9. The summed E-state index contributed by atoms with van der Waals surface area (Å²) in [5, 5.41) is 11.9. The second-order valence-electron chi connectivity index (χ2n) is 4.84. The van der Waals surface area contributed by atoms with Gasteiger partial charge >= 0.3 is 0 Å². The summed E-state index contributed by atoms with van der Waals surface area (Å²) in [6.07, 6.45) is 1.49.